The van der Waals surface area contributed by atoms with E-state index >= 15 is 0 Å². The monoisotopic (exact) mass is 517 g/mol. The van der Waals surface area contributed by atoms with Crippen molar-refractivity contribution in [2.75, 3.05) is 0 Å². The van der Waals surface area contributed by atoms with Crippen molar-refractivity contribution in [1.82, 2.24) is 24.9 Å². The summed E-state index contributed by atoms with van der Waals surface area (Å²) in [6, 6.07) is 35.0. The van der Waals surface area contributed by atoms with Crippen LogP contribution in [0.25, 0.3) is 56.7 Å². The molecule has 0 saturated carbocycles. The zero-order valence-corrected chi connectivity index (χ0v) is 22.4. The molecule has 5 heteroatoms. The third-order valence-electron chi connectivity index (χ3n) is 7.49. The van der Waals surface area contributed by atoms with Crippen LogP contribution in [0.2, 0.25) is 0 Å². The Labute approximate surface area is 233 Å². The lowest BCUT2D eigenvalue weighted by atomic mass is 9.81. The van der Waals surface area contributed by atoms with Crippen molar-refractivity contribution in [1.29, 1.82) is 0 Å². The normalized spacial score (nSPS) is 13.9. The second kappa shape index (κ2) is 9.93. The van der Waals surface area contributed by atoms with Gasteiger partial charge in [0.15, 0.2) is 5.82 Å². The van der Waals surface area contributed by atoms with Crippen LogP contribution in [-0.2, 0) is 6.42 Å². The van der Waals surface area contributed by atoms with E-state index in [-0.39, 0.29) is 0 Å². The van der Waals surface area contributed by atoms with Gasteiger partial charge in [0.2, 0.25) is 0 Å². The van der Waals surface area contributed by atoms with Crippen LogP contribution >= 0.6 is 0 Å². The molecule has 0 aliphatic heterocycles. The average molecular weight is 518 g/mol. The highest BCUT2D eigenvalue weighted by atomic mass is 14.9. The van der Waals surface area contributed by atoms with Gasteiger partial charge in [0.1, 0.15) is 5.69 Å². The Balaban J connectivity index is 1.51. The smallest absolute Gasteiger partial charge is 0.179 e. The van der Waals surface area contributed by atoms with Crippen molar-refractivity contribution in [2.24, 2.45) is 0 Å². The Hall–Kier alpha value is -5.03. The number of fused-ring (bicyclic) bond motifs is 3. The summed E-state index contributed by atoms with van der Waals surface area (Å²) in [6.07, 6.45) is 2.67. The second-order valence-electron chi connectivity index (χ2n) is 10.3. The molecule has 0 N–H and O–H groups in total. The van der Waals surface area contributed by atoms with Crippen molar-refractivity contribution in [3.8, 4) is 56.7 Å². The number of nitrogens with zero attached hydrogens (tertiary/aromatic N) is 5. The van der Waals surface area contributed by atoms with Gasteiger partial charge in [-0.05, 0) is 71.8 Å². The van der Waals surface area contributed by atoms with E-state index < -0.39 is 0 Å². The van der Waals surface area contributed by atoms with Gasteiger partial charge in [-0.3, -0.25) is 9.97 Å². The molecule has 4 heterocycles. The van der Waals surface area contributed by atoms with Gasteiger partial charge in [-0.25, -0.2) is 15.0 Å². The predicted molar refractivity (Wildman–Crippen MR) is 159 cm³/mol. The molecule has 4 aromatic heterocycles. The molecular formula is C35H27N5. The van der Waals surface area contributed by atoms with Crippen molar-refractivity contribution in [2.45, 2.75) is 26.2 Å². The lowest BCUT2D eigenvalue weighted by molar-refractivity contribution is 0.738. The summed E-state index contributed by atoms with van der Waals surface area (Å²) in [5.74, 6) is 0.922. The third kappa shape index (κ3) is 4.35. The molecule has 40 heavy (non-hydrogen) atoms. The van der Waals surface area contributed by atoms with Gasteiger partial charge in [0, 0.05) is 17.5 Å². The van der Waals surface area contributed by atoms with Crippen LogP contribution in [0, 0.1) is 6.92 Å². The highest BCUT2D eigenvalue weighted by Gasteiger charge is 2.28. The van der Waals surface area contributed by atoms with Gasteiger partial charge in [0.25, 0.3) is 0 Å². The van der Waals surface area contributed by atoms with Gasteiger partial charge < -0.3 is 0 Å². The molecule has 1 unspecified atom stereocenters. The molecule has 0 spiro atoms. The van der Waals surface area contributed by atoms with E-state index in [2.05, 4.69) is 72.6 Å². The Morgan fingerprint density at radius 1 is 0.600 bits per heavy atom. The van der Waals surface area contributed by atoms with Crippen LogP contribution in [0.3, 0.4) is 0 Å². The second-order valence-corrected chi connectivity index (χ2v) is 10.3. The van der Waals surface area contributed by atoms with E-state index in [0.29, 0.717) is 11.7 Å². The fourth-order valence-electron chi connectivity index (χ4n) is 5.50. The molecule has 6 aromatic rings. The summed E-state index contributed by atoms with van der Waals surface area (Å²) in [7, 11) is 0. The minimum atomic E-state index is 0.352. The molecule has 2 aromatic carbocycles. The number of benzene rings is 2. The minimum absolute atomic E-state index is 0.352. The lowest BCUT2D eigenvalue weighted by Gasteiger charge is -2.27. The predicted octanol–water partition coefficient (Wildman–Crippen LogP) is 7.96. The van der Waals surface area contributed by atoms with Crippen LogP contribution in [0.4, 0.5) is 0 Å². The molecule has 1 atom stereocenters. The van der Waals surface area contributed by atoms with Crippen molar-refractivity contribution < 1.29 is 0 Å². The van der Waals surface area contributed by atoms with E-state index in [1.807, 2.05) is 49.4 Å². The largest absolute Gasteiger partial charge is 0.253 e. The minimum Gasteiger partial charge on any atom is -0.253 e. The maximum absolute atomic E-state index is 5.28. The summed E-state index contributed by atoms with van der Waals surface area (Å²) < 4.78 is 0. The summed E-state index contributed by atoms with van der Waals surface area (Å²) >= 11 is 0. The number of rotatable bonds is 4. The fraction of sp³-hybridized carbons (Fsp3) is 0.114. The zero-order chi connectivity index (χ0) is 27.1. The summed E-state index contributed by atoms with van der Waals surface area (Å²) in [6.45, 7) is 4.31. The zero-order valence-electron chi connectivity index (χ0n) is 22.4. The number of aromatic nitrogens is 5. The molecule has 0 amide bonds. The van der Waals surface area contributed by atoms with Gasteiger partial charge in [-0.15, -0.1) is 0 Å². The highest BCUT2D eigenvalue weighted by molar-refractivity contribution is 5.82. The summed E-state index contributed by atoms with van der Waals surface area (Å²) in [5, 5.41) is 0. The molecule has 1 aliphatic carbocycles. The quantitative estimate of drug-likeness (QED) is 0.237. The first-order valence-electron chi connectivity index (χ1n) is 13.6. The Morgan fingerprint density at radius 3 is 2.05 bits per heavy atom. The van der Waals surface area contributed by atoms with E-state index in [0.717, 1.165) is 57.4 Å². The van der Waals surface area contributed by atoms with Crippen LogP contribution in [0.15, 0.2) is 109 Å². The van der Waals surface area contributed by atoms with Crippen molar-refractivity contribution in [3.05, 3.63) is 126 Å². The number of hydrogen-bond acceptors (Lipinski definition) is 5. The first-order valence-corrected chi connectivity index (χ1v) is 13.6. The van der Waals surface area contributed by atoms with E-state index in [9.17, 15) is 0 Å². The maximum atomic E-state index is 5.28. The number of hydrogen-bond donors (Lipinski definition) is 0. The lowest BCUT2D eigenvalue weighted by Crippen LogP contribution is -2.14. The summed E-state index contributed by atoms with van der Waals surface area (Å²) in [4.78, 5) is 24.8. The van der Waals surface area contributed by atoms with E-state index in [1.54, 1.807) is 6.20 Å². The van der Waals surface area contributed by atoms with Gasteiger partial charge >= 0.3 is 0 Å². The molecule has 0 bridgehead atoms. The fourth-order valence-corrected chi connectivity index (χ4v) is 5.50. The van der Waals surface area contributed by atoms with Crippen LogP contribution in [-0.4, -0.2) is 24.9 Å². The third-order valence-corrected chi connectivity index (χ3v) is 7.49. The topological polar surface area (TPSA) is 64.5 Å². The molecule has 0 radical (unpaired) electrons. The maximum Gasteiger partial charge on any atom is 0.179 e. The number of pyridine rings is 3. The molecule has 0 saturated heterocycles. The van der Waals surface area contributed by atoms with Gasteiger partial charge in [-0.2, -0.15) is 0 Å². The first kappa shape index (κ1) is 24.0. The van der Waals surface area contributed by atoms with Crippen LogP contribution in [0.1, 0.15) is 29.7 Å². The average Bonchev–Trinajstić information content (AvgIpc) is 3.02. The van der Waals surface area contributed by atoms with Crippen molar-refractivity contribution in [3.63, 3.8) is 0 Å². The van der Waals surface area contributed by atoms with Crippen LogP contribution < -0.4 is 0 Å². The van der Waals surface area contributed by atoms with E-state index in [1.165, 1.54) is 16.7 Å². The van der Waals surface area contributed by atoms with Crippen LogP contribution in [0.5, 0.6) is 0 Å². The summed E-state index contributed by atoms with van der Waals surface area (Å²) in [5.41, 5.74) is 11.8. The Kier molecular flexibility index (Phi) is 5.97. The molecule has 7 rings (SSSR count). The van der Waals surface area contributed by atoms with Gasteiger partial charge in [0.05, 0.1) is 28.5 Å². The van der Waals surface area contributed by atoms with Gasteiger partial charge in [-0.1, -0.05) is 79.7 Å². The number of aryl methyl sites for hydroxylation is 1. The molecular weight excluding hydrogens is 490 g/mol. The SMILES string of the molecule is Cc1ccc2c(n1)-c1nc(-c3cc(-c4ccccc4)nc(-c4ccccn4)n3)cc(-c3ccccc3)c1CC2C. The van der Waals surface area contributed by atoms with E-state index in [4.69, 9.17) is 19.9 Å². The Bertz CT molecular complexity index is 1780. The molecule has 0 fully saturated rings. The molecule has 1 aliphatic rings. The van der Waals surface area contributed by atoms with Crippen molar-refractivity contribution >= 4 is 0 Å². The standard InChI is InChI=1S/C35H27N5/c1-22-19-28-27(24-11-5-3-6-12-24)20-31(38-34(28)33-26(22)17-16-23(2)37-33)32-21-30(25-13-7-4-8-14-25)39-35(40-32)29-15-9-10-18-36-29/h3-18,20-22H,19H2,1-2H3. The Morgan fingerprint density at radius 2 is 1.30 bits per heavy atom. The highest BCUT2D eigenvalue weighted by Crippen LogP contribution is 2.43. The first-order chi connectivity index (χ1) is 19.6. The molecule has 192 valence electrons. The molecule has 5 nitrogen and oxygen atoms in total.